The van der Waals surface area contributed by atoms with Crippen molar-refractivity contribution in [1.29, 1.82) is 0 Å². The summed E-state index contributed by atoms with van der Waals surface area (Å²) < 4.78 is 240. The number of hydrogen-bond acceptors (Lipinski definition) is 2. The largest absolute Gasteiger partial charge is 0.458 e. The lowest BCUT2D eigenvalue weighted by Crippen LogP contribution is -2.74. The molecular formula is C83H70N4OSi. The van der Waals surface area contributed by atoms with Gasteiger partial charge in [-0.2, -0.15) is 0 Å². The van der Waals surface area contributed by atoms with Crippen molar-refractivity contribution in [1.82, 2.24) is 14.1 Å². The number of imidazole rings is 1. The fraction of sp³-hybridized carbons (Fsp3) is 0.133. The van der Waals surface area contributed by atoms with Crippen LogP contribution in [0.1, 0.15) is 104 Å². The average Bonchev–Trinajstić information content (AvgIpc) is 1.39. The highest BCUT2D eigenvalue weighted by molar-refractivity contribution is 7.19. The summed E-state index contributed by atoms with van der Waals surface area (Å²) in [5.74, 6) is 1.45. The zero-order valence-electron chi connectivity index (χ0n) is 73.7. The van der Waals surface area contributed by atoms with Crippen LogP contribution >= 0.6 is 0 Å². The van der Waals surface area contributed by atoms with Crippen molar-refractivity contribution < 1.29 is 42.2 Å². The van der Waals surface area contributed by atoms with Crippen molar-refractivity contribution >= 4 is 61.7 Å². The number of hydrogen-bond donors (Lipinski definition) is 0. The third-order valence-corrected chi connectivity index (χ3v) is 21.1. The van der Waals surface area contributed by atoms with Crippen LogP contribution in [-0.4, -0.2) is 22.2 Å². The van der Waals surface area contributed by atoms with Gasteiger partial charge in [-0.25, -0.2) is 4.98 Å². The molecule has 3 aromatic heterocycles. The zero-order chi connectivity index (χ0) is 81.5. The monoisotopic (exact) mass is 1190 g/mol. The Kier molecular flexibility index (Phi) is 8.50. The molecule has 0 saturated heterocycles. The molecule has 0 fully saturated rings. The quantitative estimate of drug-likeness (QED) is 0.0529. The normalized spacial score (nSPS) is 17.5. The van der Waals surface area contributed by atoms with Crippen molar-refractivity contribution in [2.24, 2.45) is 0 Å². The summed E-state index contributed by atoms with van der Waals surface area (Å²) in [5.41, 5.74) is 5.06. The maximum atomic E-state index is 11.1. The number of pyridine rings is 1. The Morgan fingerprint density at radius 2 is 1.11 bits per heavy atom. The molecule has 0 atom stereocenters. The minimum absolute atomic E-state index is 0.0752. The number of nitrogens with zero attached hydrogens (tertiary/aromatic N) is 4. The van der Waals surface area contributed by atoms with Gasteiger partial charge in [-0.1, -0.05) is 266 Å². The van der Waals surface area contributed by atoms with E-state index in [4.69, 9.17) is 17.9 Å². The second-order valence-corrected chi connectivity index (χ2v) is 28.2. The van der Waals surface area contributed by atoms with E-state index in [1.807, 2.05) is 66.7 Å². The number of para-hydroxylation sites is 2. The van der Waals surface area contributed by atoms with Crippen LogP contribution in [0.3, 0.4) is 0 Å². The van der Waals surface area contributed by atoms with Gasteiger partial charge in [-0.3, -0.25) is 13.7 Å². The maximum Gasteiger partial charge on any atom is 0.269 e. The summed E-state index contributed by atoms with van der Waals surface area (Å²) in [6.07, 6.45) is 6.10. The van der Waals surface area contributed by atoms with Crippen LogP contribution in [0.15, 0.2) is 285 Å². The second kappa shape index (κ2) is 21.6. The molecule has 0 saturated carbocycles. The van der Waals surface area contributed by atoms with E-state index in [0.717, 1.165) is 44.9 Å². The molecule has 0 unspecified atom stereocenters. The second-order valence-electron chi connectivity index (χ2n) is 24.7. The first-order valence-electron chi connectivity index (χ1n) is 41.2. The van der Waals surface area contributed by atoms with E-state index < -0.39 is 185 Å². The zero-order valence-corrected chi connectivity index (χ0v) is 50.7. The Balaban J connectivity index is 1.07. The van der Waals surface area contributed by atoms with Crippen molar-refractivity contribution in [3.8, 4) is 62.1 Å². The fourth-order valence-electron chi connectivity index (χ4n) is 13.2. The molecule has 6 heteroatoms. The van der Waals surface area contributed by atoms with Crippen LogP contribution < -0.4 is 30.1 Å². The Hall–Kier alpha value is -10.1. The van der Waals surface area contributed by atoms with Gasteiger partial charge in [0.15, 0.2) is 8.07 Å². The Morgan fingerprint density at radius 3 is 1.82 bits per heavy atom. The predicted octanol–water partition coefficient (Wildman–Crippen LogP) is 17.6. The molecule has 0 N–H and O–H groups in total. The van der Waals surface area contributed by atoms with E-state index in [0.29, 0.717) is 34.1 Å². The first-order valence-corrected chi connectivity index (χ1v) is 31.2. The summed E-state index contributed by atoms with van der Waals surface area (Å²) >= 11 is 0. The molecule has 432 valence electrons. The lowest BCUT2D eigenvalue weighted by atomic mass is 9.82. The molecule has 0 amide bonds. The van der Waals surface area contributed by atoms with Gasteiger partial charge in [0.25, 0.3) is 6.33 Å². The van der Waals surface area contributed by atoms with Crippen LogP contribution in [0, 0.1) is 6.33 Å². The Bertz CT molecular complexity index is 6240. The molecule has 11 aromatic carbocycles. The van der Waals surface area contributed by atoms with E-state index in [1.165, 1.54) is 6.07 Å². The van der Waals surface area contributed by atoms with E-state index in [9.17, 15) is 24.7 Å². The first kappa shape index (κ1) is 35.0. The third kappa shape index (κ3) is 9.62. The summed E-state index contributed by atoms with van der Waals surface area (Å²) in [7, 11) is -6.35. The van der Waals surface area contributed by atoms with Gasteiger partial charge in [-0.05, 0) is 148 Å². The van der Waals surface area contributed by atoms with Crippen LogP contribution in [0.25, 0.3) is 83.4 Å². The molecule has 0 radical (unpaired) electrons. The first-order chi connectivity index (χ1) is 53.2. The minimum atomic E-state index is -6.35. The van der Waals surface area contributed by atoms with E-state index in [-0.39, 0.29) is 44.2 Å². The van der Waals surface area contributed by atoms with Crippen LogP contribution in [0.5, 0.6) is 11.5 Å². The lowest BCUT2D eigenvalue weighted by Gasteiger charge is -2.34. The molecule has 0 aliphatic heterocycles. The van der Waals surface area contributed by atoms with Crippen molar-refractivity contribution in [3.05, 3.63) is 308 Å². The highest BCUT2D eigenvalue weighted by Crippen LogP contribution is 2.51. The molecule has 0 bridgehead atoms. The molecule has 89 heavy (non-hydrogen) atoms. The number of ether oxygens (including phenoxy) is 1. The molecule has 0 spiro atoms. The Labute approximate surface area is 557 Å². The van der Waals surface area contributed by atoms with Gasteiger partial charge in [0.2, 0.25) is 0 Å². The number of benzene rings is 11. The number of aromatic nitrogens is 4. The molecule has 14 aromatic rings. The van der Waals surface area contributed by atoms with Crippen molar-refractivity contribution in [2.75, 3.05) is 0 Å². The van der Waals surface area contributed by atoms with Gasteiger partial charge < -0.3 is 4.74 Å². The van der Waals surface area contributed by atoms with Gasteiger partial charge in [0.05, 0.1) is 66.3 Å². The smallest absolute Gasteiger partial charge is 0.269 e. The van der Waals surface area contributed by atoms with Crippen molar-refractivity contribution in [3.63, 3.8) is 0 Å². The molecule has 15 rings (SSSR count). The standard InChI is InChI=1S/C83H70N4OSi/c1-81(2,3)61-47-48-84-79(52-61)87-75-40-21-20-37-71(75)72-44-43-64(54-77(72)87)88-63-29-23-28-62(53-63)85-56-86(76-46-42-58(51-78(76)85)57-25-12-8-13-26-57)80-69(38-24-39-70(80)60-41-45-73-74(50-60)83(6,7)55-82(73,4)5)59-27-22-36-68(49-59)89(65-30-14-9-15-31-65,66-32-16-10-17-33-66)67-34-18-11-19-35-67/h8-54H,55H2,1-7H3/i8D,9D,10D,11D,12D,13D,14D,15D,16D,17D,18D,19D,22D,25D,26D,27D,30D,31D,32D,33D,34D,35D,36D,49D. The minimum Gasteiger partial charge on any atom is -0.458 e. The highest BCUT2D eigenvalue weighted by atomic mass is 28.3. The summed E-state index contributed by atoms with van der Waals surface area (Å²) in [6, 6.07) is 17.0. The number of fused-ring (bicyclic) bond motifs is 5. The summed E-state index contributed by atoms with van der Waals surface area (Å²) in [4.78, 5) is 4.87. The van der Waals surface area contributed by atoms with Crippen molar-refractivity contribution in [2.45, 2.75) is 71.1 Å². The SMILES string of the molecule is [2H]c1c([2H])c([2H])c(-c2ccc3c(c2)n(-c2cccc(Oc4ccc5c6ccccc6n(-c6cc(C(C)(C)C)ccn6)c5c4)c2)[c-][n+]3-c2c(-c3ccc4c(c3)C(C)(C)CC4(C)C)cccc2-c2c([2H])c([2H])c([2H])c([Si](c3c([2H])c([2H])c([2H])c([2H])c3[2H])(c3c([2H])c([2H])c([2H])c([2H])c3[2H])c3c([2H])c([2H])c([2H])c([2H])c3[2H])c2[2H])c([2H])c1[2H]. The van der Waals surface area contributed by atoms with E-state index in [1.54, 1.807) is 69.9 Å². The Morgan fingerprint density at radius 1 is 0.506 bits per heavy atom. The molecule has 3 heterocycles. The van der Waals surface area contributed by atoms with Crippen LogP contribution in [-0.2, 0) is 16.2 Å². The lowest BCUT2D eigenvalue weighted by molar-refractivity contribution is -0.571. The predicted molar refractivity (Wildman–Crippen MR) is 372 cm³/mol. The van der Waals surface area contributed by atoms with E-state index >= 15 is 0 Å². The third-order valence-electron chi connectivity index (χ3n) is 17.1. The number of rotatable bonds is 12. The fourth-order valence-corrected chi connectivity index (χ4v) is 16.8. The molecular weight excluding hydrogens is 1100 g/mol. The van der Waals surface area contributed by atoms with Gasteiger partial charge in [0, 0.05) is 23.0 Å². The van der Waals surface area contributed by atoms with Gasteiger partial charge >= 0.3 is 0 Å². The highest BCUT2D eigenvalue weighted by Gasteiger charge is 2.43. The molecule has 5 nitrogen and oxygen atoms in total. The van der Waals surface area contributed by atoms with Gasteiger partial charge in [-0.15, -0.1) is 0 Å². The van der Waals surface area contributed by atoms with Gasteiger partial charge in [0.1, 0.15) is 17.3 Å². The maximum absolute atomic E-state index is 11.1. The summed E-state index contributed by atoms with van der Waals surface area (Å²) in [6.45, 7) is 14.9. The average molecular weight is 1190 g/mol. The molecule has 1 aliphatic carbocycles. The van der Waals surface area contributed by atoms with Crippen LogP contribution in [0.2, 0.25) is 0 Å². The summed E-state index contributed by atoms with van der Waals surface area (Å²) in [5, 5.41) is -2.04. The molecule has 1 aliphatic rings. The topological polar surface area (TPSA) is 35.9 Å². The van der Waals surface area contributed by atoms with E-state index in [2.05, 4.69) is 65.4 Å². The van der Waals surface area contributed by atoms with Crippen LogP contribution in [0.4, 0.5) is 0 Å².